The van der Waals surface area contributed by atoms with Gasteiger partial charge in [0, 0.05) is 25.4 Å². The molecule has 3 heterocycles. The number of hydrogen-bond acceptors (Lipinski definition) is 5. The molecular weight excluding hydrogens is 285 g/mol. The number of halogens is 1. The SMILES string of the molecule is C[C@@H](N)c1cc(F)cc2nc3c(nc12)-c1cn(C)nc1CO3. The van der Waals surface area contributed by atoms with E-state index in [1.54, 1.807) is 11.6 Å². The summed E-state index contributed by atoms with van der Waals surface area (Å²) in [6, 6.07) is 2.40. The number of ether oxygens (including phenoxy) is 1. The molecule has 0 fully saturated rings. The molecule has 0 saturated carbocycles. The maximum atomic E-state index is 13.8. The van der Waals surface area contributed by atoms with Crippen LogP contribution in [0.25, 0.3) is 22.3 Å². The van der Waals surface area contributed by atoms with E-state index < -0.39 is 0 Å². The minimum absolute atomic E-state index is 0.332. The summed E-state index contributed by atoms with van der Waals surface area (Å²) >= 11 is 0. The van der Waals surface area contributed by atoms with Crippen molar-refractivity contribution in [2.24, 2.45) is 12.8 Å². The van der Waals surface area contributed by atoms with E-state index in [0.29, 0.717) is 34.8 Å². The summed E-state index contributed by atoms with van der Waals surface area (Å²) < 4.78 is 21.1. The monoisotopic (exact) mass is 299 g/mol. The third-order valence-electron chi connectivity index (χ3n) is 3.73. The fourth-order valence-corrected chi connectivity index (χ4v) is 2.73. The summed E-state index contributed by atoms with van der Waals surface area (Å²) in [6.45, 7) is 2.13. The lowest BCUT2D eigenvalue weighted by atomic mass is 10.1. The third-order valence-corrected chi connectivity index (χ3v) is 3.73. The van der Waals surface area contributed by atoms with Gasteiger partial charge in [-0.2, -0.15) is 5.10 Å². The highest BCUT2D eigenvalue weighted by Crippen LogP contribution is 2.36. The van der Waals surface area contributed by atoms with E-state index >= 15 is 0 Å². The number of fused-ring (bicyclic) bond motifs is 4. The second kappa shape index (κ2) is 4.48. The van der Waals surface area contributed by atoms with Crippen molar-refractivity contribution in [2.75, 3.05) is 0 Å². The molecule has 7 heteroatoms. The quantitative estimate of drug-likeness (QED) is 0.744. The second-order valence-electron chi connectivity index (χ2n) is 5.48. The smallest absolute Gasteiger partial charge is 0.241 e. The molecule has 2 aromatic heterocycles. The Morgan fingerprint density at radius 2 is 2.18 bits per heavy atom. The van der Waals surface area contributed by atoms with Crippen molar-refractivity contribution >= 4 is 11.0 Å². The normalized spacial score (nSPS) is 14.4. The molecule has 1 aromatic carbocycles. The number of nitrogens with zero attached hydrogens (tertiary/aromatic N) is 4. The Balaban J connectivity index is 2.04. The second-order valence-corrected chi connectivity index (χ2v) is 5.48. The number of hydrogen-bond donors (Lipinski definition) is 1. The summed E-state index contributed by atoms with van der Waals surface area (Å²) in [5, 5.41) is 4.34. The maximum Gasteiger partial charge on any atom is 0.241 e. The van der Waals surface area contributed by atoms with Crippen LogP contribution in [-0.2, 0) is 13.7 Å². The highest BCUT2D eigenvalue weighted by molar-refractivity contribution is 5.83. The van der Waals surface area contributed by atoms with E-state index in [1.165, 1.54) is 12.1 Å². The molecule has 0 spiro atoms. The predicted molar refractivity (Wildman–Crippen MR) is 78.6 cm³/mol. The molecule has 1 aliphatic rings. The largest absolute Gasteiger partial charge is 0.469 e. The van der Waals surface area contributed by atoms with Crippen LogP contribution in [0.15, 0.2) is 18.3 Å². The number of aromatic nitrogens is 4. The summed E-state index contributed by atoms with van der Waals surface area (Å²) in [5.74, 6) is 0.0150. The van der Waals surface area contributed by atoms with Gasteiger partial charge in [0.15, 0.2) is 0 Å². The average Bonchev–Trinajstić information content (AvgIpc) is 2.85. The van der Waals surface area contributed by atoms with E-state index in [1.807, 2.05) is 13.2 Å². The van der Waals surface area contributed by atoms with Crippen LogP contribution in [0.5, 0.6) is 5.88 Å². The molecule has 0 radical (unpaired) electrons. The first kappa shape index (κ1) is 13.1. The van der Waals surface area contributed by atoms with Gasteiger partial charge in [-0.3, -0.25) is 4.68 Å². The molecule has 0 saturated heterocycles. The first-order valence-electron chi connectivity index (χ1n) is 6.95. The Labute approximate surface area is 125 Å². The van der Waals surface area contributed by atoms with E-state index in [2.05, 4.69) is 15.1 Å². The van der Waals surface area contributed by atoms with Crippen LogP contribution in [0.3, 0.4) is 0 Å². The van der Waals surface area contributed by atoms with Crippen molar-refractivity contribution in [1.82, 2.24) is 19.7 Å². The first-order valence-corrected chi connectivity index (χ1v) is 6.95. The van der Waals surface area contributed by atoms with Crippen LogP contribution in [0, 0.1) is 5.82 Å². The topological polar surface area (TPSA) is 78.9 Å². The zero-order chi connectivity index (χ0) is 15.4. The molecule has 1 aliphatic heterocycles. The van der Waals surface area contributed by atoms with Gasteiger partial charge in [-0.05, 0) is 18.6 Å². The van der Waals surface area contributed by atoms with Crippen LogP contribution in [-0.4, -0.2) is 19.7 Å². The van der Waals surface area contributed by atoms with Crippen molar-refractivity contribution in [1.29, 1.82) is 0 Å². The molecule has 0 unspecified atom stereocenters. The number of nitrogens with two attached hydrogens (primary N) is 1. The molecular formula is C15H14FN5O. The number of rotatable bonds is 1. The summed E-state index contributed by atoms with van der Waals surface area (Å²) in [4.78, 5) is 9.06. The minimum atomic E-state index is -0.382. The first-order chi connectivity index (χ1) is 10.5. The van der Waals surface area contributed by atoms with Crippen molar-refractivity contribution in [3.05, 3.63) is 35.4 Å². The fourth-order valence-electron chi connectivity index (χ4n) is 2.73. The summed E-state index contributed by atoms with van der Waals surface area (Å²) in [7, 11) is 1.84. The lowest BCUT2D eigenvalue weighted by Gasteiger charge is -2.17. The summed E-state index contributed by atoms with van der Waals surface area (Å²) in [5.41, 5.74) is 9.92. The van der Waals surface area contributed by atoms with Crippen molar-refractivity contribution in [3.8, 4) is 17.1 Å². The Morgan fingerprint density at radius 1 is 1.36 bits per heavy atom. The predicted octanol–water partition coefficient (Wildman–Crippen LogP) is 2.08. The molecule has 22 heavy (non-hydrogen) atoms. The van der Waals surface area contributed by atoms with Crippen LogP contribution < -0.4 is 10.5 Å². The molecule has 3 aromatic rings. The van der Waals surface area contributed by atoms with Gasteiger partial charge in [-0.25, -0.2) is 14.4 Å². The minimum Gasteiger partial charge on any atom is -0.469 e. The van der Waals surface area contributed by atoms with Crippen LogP contribution in [0.1, 0.15) is 24.2 Å². The standard InChI is InChI=1S/C15H14FN5O/c1-7(17)9-3-8(16)4-11-13(9)19-14-10-5-21(2)20-12(10)6-22-15(14)18-11/h3-5,7H,6,17H2,1-2H3/t7-/m1/s1. The Kier molecular flexibility index (Phi) is 2.67. The van der Waals surface area contributed by atoms with Gasteiger partial charge in [-0.1, -0.05) is 0 Å². The zero-order valence-electron chi connectivity index (χ0n) is 12.2. The van der Waals surface area contributed by atoms with Crippen molar-refractivity contribution < 1.29 is 9.13 Å². The van der Waals surface area contributed by atoms with Gasteiger partial charge in [0.25, 0.3) is 0 Å². The summed E-state index contributed by atoms with van der Waals surface area (Å²) in [6.07, 6.45) is 1.88. The molecule has 112 valence electrons. The highest BCUT2D eigenvalue weighted by atomic mass is 19.1. The zero-order valence-corrected chi connectivity index (χ0v) is 12.2. The molecule has 0 bridgehead atoms. The molecule has 1 atom stereocenters. The Hall–Kier alpha value is -2.54. The van der Waals surface area contributed by atoms with Gasteiger partial charge in [0.1, 0.15) is 23.8 Å². The highest BCUT2D eigenvalue weighted by Gasteiger charge is 2.25. The average molecular weight is 299 g/mol. The Bertz CT molecular complexity index is 903. The van der Waals surface area contributed by atoms with Crippen LogP contribution in [0.4, 0.5) is 4.39 Å². The number of aryl methyl sites for hydroxylation is 1. The van der Waals surface area contributed by atoms with E-state index in [-0.39, 0.29) is 11.9 Å². The lowest BCUT2D eigenvalue weighted by Crippen LogP contribution is -2.11. The van der Waals surface area contributed by atoms with Gasteiger partial charge < -0.3 is 10.5 Å². The lowest BCUT2D eigenvalue weighted by molar-refractivity contribution is 0.284. The molecule has 0 aliphatic carbocycles. The van der Waals surface area contributed by atoms with Crippen molar-refractivity contribution in [3.63, 3.8) is 0 Å². The molecule has 4 rings (SSSR count). The molecule has 2 N–H and O–H groups in total. The maximum absolute atomic E-state index is 13.8. The fraction of sp³-hybridized carbons (Fsp3) is 0.267. The van der Waals surface area contributed by atoms with Crippen LogP contribution in [0.2, 0.25) is 0 Å². The van der Waals surface area contributed by atoms with Gasteiger partial charge in [-0.15, -0.1) is 0 Å². The third kappa shape index (κ3) is 1.86. The van der Waals surface area contributed by atoms with Gasteiger partial charge in [0.05, 0.1) is 16.6 Å². The molecule has 6 nitrogen and oxygen atoms in total. The van der Waals surface area contributed by atoms with E-state index in [9.17, 15) is 4.39 Å². The Morgan fingerprint density at radius 3 is 2.95 bits per heavy atom. The van der Waals surface area contributed by atoms with E-state index in [0.717, 1.165) is 11.3 Å². The van der Waals surface area contributed by atoms with E-state index in [4.69, 9.17) is 10.5 Å². The van der Waals surface area contributed by atoms with Gasteiger partial charge >= 0.3 is 0 Å². The number of benzene rings is 1. The van der Waals surface area contributed by atoms with Crippen molar-refractivity contribution in [2.45, 2.75) is 19.6 Å². The van der Waals surface area contributed by atoms with Gasteiger partial charge in [0.2, 0.25) is 5.88 Å². The van der Waals surface area contributed by atoms with Crippen LogP contribution >= 0.6 is 0 Å². The molecule has 0 amide bonds.